The summed E-state index contributed by atoms with van der Waals surface area (Å²) in [7, 11) is 1.13. The lowest BCUT2D eigenvalue weighted by atomic mass is 9.82. The van der Waals surface area contributed by atoms with Crippen molar-refractivity contribution in [3.05, 3.63) is 69.1 Å². The number of carbonyl (C=O) groups is 2. The SMILES string of the molecule is COC(=O)C1=C(CN2CC(F)(F)CC2C(=O)O)NC(c2cc(F)cs2)=NC1(C)c1ccc(F)cc1. The number of rotatable bonds is 6. The first-order valence-corrected chi connectivity index (χ1v) is 11.4. The van der Waals surface area contributed by atoms with Crippen LogP contribution in [0, 0.1) is 11.6 Å². The number of amidine groups is 1. The molecule has 4 rings (SSSR count). The average molecular weight is 511 g/mol. The lowest BCUT2D eigenvalue weighted by Gasteiger charge is -2.36. The summed E-state index contributed by atoms with van der Waals surface area (Å²) in [5.74, 6) is -6.40. The minimum absolute atomic E-state index is 0.0632. The van der Waals surface area contributed by atoms with E-state index in [1.807, 2.05) is 0 Å². The van der Waals surface area contributed by atoms with Crippen molar-refractivity contribution in [1.82, 2.24) is 10.2 Å². The predicted octanol–water partition coefficient (Wildman–Crippen LogP) is 3.51. The van der Waals surface area contributed by atoms with Crippen LogP contribution in [-0.4, -0.2) is 59.9 Å². The van der Waals surface area contributed by atoms with Crippen molar-refractivity contribution >= 4 is 29.1 Å². The summed E-state index contributed by atoms with van der Waals surface area (Å²) in [6.45, 7) is 0.349. The highest BCUT2D eigenvalue weighted by molar-refractivity contribution is 7.12. The van der Waals surface area contributed by atoms with E-state index in [2.05, 4.69) is 10.3 Å². The number of benzene rings is 1. The van der Waals surface area contributed by atoms with Crippen LogP contribution in [0.3, 0.4) is 0 Å². The van der Waals surface area contributed by atoms with Crippen molar-refractivity contribution in [2.45, 2.75) is 30.8 Å². The van der Waals surface area contributed by atoms with Gasteiger partial charge >= 0.3 is 11.9 Å². The maximum Gasteiger partial charge on any atom is 0.338 e. The summed E-state index contributed by atoms with van der Waals surface area (Å²) in [6, 6.07) is 4.92. The van der Waals surface area contributed by atoms with Crippen LogP contribution < -0.4 is 5.32 Å². The monoisotopic (exact) mass is 511 g/mol. The second-order valence-corrected chi connectivity index (χ2v) is 9.37. The molecular weight excluding hydrogens is 490 g/mol. The fraction of sp³-hybridized carbons (Fsp3) is 0.348. The molecule has 2 aliphatic heterocycles. The molecule has 2 aromatic rings. The Morgan fingerprint density at radius 1 is 1.26 bits per heavy atom. The van der Waals surface area contributed by atoms with E-state index in [0.29, 0.717) is 10.4 Å². The summed E-state index contributed by atoms with van der Waals surface area (Å²) >= 11 is 1.03. The molecule has 2 aliphatic rings. The Hall–Kier alpha value is -3.25. The third-order valence-electron chi connectivity index (χ3n) is 6.00. The molecule has 2 atom stereocenters. The molecule has 1 fully saturated rings. The van der Waals surface area contributed by atoms with Gasteiger partial charge in [-0.1, -0.05) is 12.1 Å². The molecule has 35 heavy (non-hydrogen) atoms. The van der Waals surface area contributed by atoms with Gasteiger partial charge < -0.3 is 15.2 Å². The third kappa shape index (κ3) is 4.80. The Labute approximate surface area is 201 Å². The average Bonchev–Trinajstić information content (AvgIpc) is 3.35. The van der Waals surface area contributed by atoms with Gasteiger partial charge in [-0.25, -0.2) is 22.4 Å². The molecule has 1 aromatic carbocycles. The number of aliphatic carboxylic acids is 1. The van der Waals surface area contributed by atoms with Crippen LogP contribution in [0.4, 0.5) is 17.6 Å². The van der Waals surface area contributed by atoms with Crippen LogP contribution in [0.25, 0.3) is 0 Å². The van der Waals surface area contributed by atoms with E-state index in [4.69, 9.17) is 4.74 Å². The van der Waals surface area contributed by atoms with E-state index in [1.54, 1.807) is 6.92 Å². The topological polar surface area (TPSA) is 91.2 Å². The first-order valence-electron chi connectivity index (χ1n) is 10.5. The molecule has 7 nitrogen and oxygen atoms in total. The number of ether oxygens (including phenoxy) is 1. The molecule has 3 heterocycles. The maximum absolute atomic E-state index is 14.1. The zero-order chi connectivity index (χ0) is 25.5. The molecule has 2 N–H and O–H groups in total. The van der Waals surface area contributed by atoms with Gasteiger partial charge in [0.1, 0.15) is 29.1 Å². The second kappa shape index (κ2) is 9.08. The minimum Gasteiger partial charge on any atom is -0.480 e. The number of esters is 1. The van der Waals surface area contributed by atoms with Crippen LogP contribution in [-0.2, 0) is 19.9 Å². The number of alkyl halides is 2. The molecule has 0 radical (unpaired) electrons. The molecule has 0 bridgehead atoms. The third-order valence-corrected chi connectivity index (χ3v) is 6.91. The van der Waals surface area contributed by atoms with Gasteiger partial charge in [0.2, 0.25) is 0 Å². The minimum atomic E-state index is -3.24. The summed E-state index contributed by atoms with van der Waals surface area (Å²) in [4.78, 5) is 30.7. The first-order chi connectivity index (χ1) is 16.4. The van der Waals surface area contributed by atoms with Crippen LogP contribution in [0.2, 0.25) is 0 Å². The number of methoxy groups -OCH3 is 1. The molecule has 0 spiro atoms. The number of carboxylic acid groups (broad SMARTS) is 1. The second-order valence-electron chi connectivity index (χ2n) is 8.46. The van der Waals surface area contributed by atoms with Crippen LogP contribution in [0.1, 0.15) is 23.8 Å². The lowest BCUT2D eigenvalue weighted by molar-refractivity contribution is -0.142. The zero-order valence-corrected chi connectivity index (χ0v) is 19.5. The normalized spacial score (nSPS) is 24.2. The van der Waals surface area contributed by atoms with Crippen molar-refractivity contribution in [3.8, 4) is 0 Å². The summed E-state index contributed by atoms with van der Waals surface area (Å²) in [5, 5.41) is 13.7. The largest absolute Gasteiger partial charge is 0.480 e. The Kier molecular flexibility index (Phi) is 6.45. The summed E-state index contributed by atoms with van der Waals surface area (Å²) < 4.78 is 60.7. The first kappa shape index (κ1) is 24.9. The molecule has 1 aromatic heterocycles. The highest BCUT2D eigenvalue weighted by Crippen LogP contribution is 2.40. The van der Waals surface area contributed by atoms with Gasteiger partial charge in [0.05, 0.1) is 24.1 Å². The van der Waals surface area contributed by atoms with Crippen molar-refractivity contribution < 1.29 is 37.0 Å². The van der Waals surface area contributed by atoms with Crippen LogP contribution in [0.15, 0.2) is 52.0 Å². The molecule has 12 heteroatoms. The Morgan fingerprint density at radius 3 is 2.51 bits per heavy atom. The maximum atomic E-state index is 14.1. The number of aliphatic imine (C=N–C) groups is 1. The summed E-state index contributed by atoms with van der Waals surface area (Å²) in [5.41, 5.74) is -1.09. The van der Waals surface area contributed by atoms with Gasteiger partial charge in [-0.15, -0.1) is 11.3 Å². The number of likely N-dealkylation sites (tertiary alicyclic amines) is 1. The van der Waals surface area contributed by atoms with E-state index in [1.165, 1.54) is 35.7 Å². The number of nitrogens with zero attached hydrogens (tertiary/aromatic N) is 2. The number of hydrogen-bond donors (Lipinski definition) is 2. The van der Waals surface area contributed by atoms with Gasteiger partial charge in [0.25, 0.3) is 5.92 Å². The molecule has 0 aliphatic carbocycles. The van der Waals surface area contributed by atoms with Crippen LogP contribution >= 0.6 is 11.3 Å². The number of halogens is 4. The van der Waals surface area contributed by atoms with Crippen molar-refractivity contribution in [3.63, 3.8) is 0 Å². The molecule has 0 saturated carbocycles. The summed E-state index contributed by atoms with van der Waals surface area (Å²) in [6.07, 6.45) is -0.879. The van der Waals surface area contributed by atoms with Crippen molar-refractivity contribution in [1.29, 1.82) is 0 Å². The fourth-order valence-corrected chi connectivity index (χ4v) is 5.08. The quantitative estimate of drug-likeness (QED) is 0.456. The Morgan fingerprint density at radius 2 is 1.94 bits per heavy atom. The van der Waals surface area contributed by atoms with E-state index < -0.39 is 54.0 Å². The molecule has 1 saturated heterocycles. The molecule has 0 amide bonds. The number of thiophene rings is 1. The zero-order valence-electron chi connectivity index (χ0n) is 18.6. The Bertz CT molecular complexity index is 1230. The van der Waals surface area contributed by atoms with Crippen molar-refractivity contribution in [2.24, 2.45) is 4.99 Å². The van der Waals surface area contributed by atoms with Gasteiger partial charge in [-0.2, -0.15) is 0 Å². The number of nitrogens with one attached hydrogen (secondary N) is 1. The highest BCUT2D eigenvalue weighted by atomic mass is 32.1. The van der Waals surface area contributed by atoms with Gasteiger partial charge in [0, 0.05) is 24.0 Å². The highest BCUT2D eigenvalue weighted by Gasteiger charge is 2.50. The van der Waals surface area contributed by atoms with Crippen LogP contribution in [0.5, 0.6) is 0 Å². The van der Waals surface area contributed by atoms with E-state index in [-0.39, 0.29) is 23.7 Å². The molecule has 2 unspecified atom stereocenters. The number of carbonyl (C=O) groups excluding carboxylic acids is 1. The molecular formula is C23H21F4N3O4S. The number of hydrogen-bond acceptors (Lipinski definition) is 7. The van der Waals surface area contributed by atoms with Crippen molar-refractivity contribution in [2.75, 3.05) is 20.2 Å². The smallest absolute Gasteiger partial charge is 0.338 e. The van der Waals surface area contributed by atoms with E-state index in [0.717, 1.165) is 23.3 Å². The lowest BCUT2D eigenvalue weighted by Crippen LogP contribution is -2.46. The van der Waals surface area contributed by atoms with Gasteiger partial charge in [-0.05, 0) is 30.7 Å². The number of carboxylic acids is 1. The van der Waals surface area contributed by atoms with Gasteiger partial charge in [-0.3, -0.25) is 14.7 Å². The fourth-order valence-electron chi connectivity index (χ4n) is 4.38. The standard InChI is InChI=1S/C23H21F4N3O4S/c1-22(12-3-5-13(24)6-4-12)18(21(33)34-2)15(28-19(29-22)17-7-14(25)10-35-17)9-30-11-23(26,27)8-16(30)20(31)32/h3-7,10,16H,8-9,11H2,1-2H3,(H,28,29)(H,31,32). The molecule has 186 valence electrons. The Balaban J connectivity index is 1.87. The van der Waals surface area contributed by atoms with E-state index in [9.17, 15) is 32.3 Å². The van der Waals surface area contributed by atoms with Gasteiger partial charge in [0.15, 0.2) is 0 Å². The predicted molar refractivity (Wildman–Crippen MR) is 119 cm³/mol. The van der Waals surface area contributed by atoms with E-state index >= 15 is 0 Å².